The lowest BCUT2D eigenvalue weighted by Crippen LogP contribution is -2.22. The fourth-order valence-electron chi connectivity index (χ4n) is 1.32. The normalized spacial score (nSPS) is 16.9. The lowest BCUT2D eigenvalue weighted by molar-refractivity contribution is 0.634. The molecule has 1 aliphatic rings. The van der Waals surface area contributed by atoms with E-state index in [9.17, 15) is 0 Å². The van der Waals surface area contributed by atoms with Gasteiger partial charge < -0.3 is 10.3 Å². The van der Waals surface area contributed by atoms with Crippen molar-refractivity contribution in [2.24, 2.45) is 0 Å². The zero-order valence-electron chi connectivity index (χ0n) is 5.58. The molecule has 0 radical (unpaired) electrons. The number of hydrogen-bond donors (Lipinski definition) is 2. The lowest BCUT2D eigenvalue weighted by Gasteiger charge is -2.11. The molecule has 0 atom stereocenters. The largest absolute Gasteiger partial charge is 0.352 e. The van der Waals surface area contributed by atoms with Gasteiger partial charge in [-0.05, 0) is 40.5 Å². The maximum atomic E-state index is 3.41. The Morgan fingerprint density at radius 1 is 1.50 bits per heavy atom. The minimum Gasteiger partial charge on any atom is -0.352 e. The molecule has 1 aromatic rings. The van der Waals surface area contributed by atoms with Crippen LogP contribution in [-0.2, 0) is 13.0 Å². The van der Waals surface area contributed by atoms with Gasteiger partial charge in [-0.25, -0.2) is 0 Å². The summed E-state index contributed by atoms with van der Waals surface area (Å²) in [6, 6.07) is 2.16. The predicted molar refractivity (Wildman–Crippen MR) is 43.9 cm³/mol. The summed E-state index contributed by atoms with van der Waals surface area (Å²) in [7, 11) is 0. The molecule has 3 heteroatoms. The molecule has 0 fully saturated rings. The molecular weight excluding hydrogens is 192 g/mol. The smallest absolute Gasteiger partial charge is 0.0825 e. The average Bonchev–Trinajstić information content (AvgIpc) is 2.27. The summed E-state index contributed by atoms with van der Waals surface area (Å²) in [5.74, 6) is 0. The molecule has 0 saturated heterocycles. The number of rotatable bonds is 0. The molecule has 1 aliphatic heterocycles. The third kappa shape index (κ3) is 0.995. The van der Waals surface area contributed by atoms with E-state index in [0.717, 1.165) is 24.1 Å². The fraction of sp³-hybridized carbons (Fsp3) is 0.429. The molecule has 0 aromatic carbocycles. The van der Waals surface area contributed by atoms with Gasteiger partial charge in [0.2, 0.25) is 0 Å². The van der Waals surface area contributed by atoms with Crippen LogP contribution in [0, 0.1) is 0 Å². The highest BCUT2D eigenvalue weighted by Crippen LogP contribution is 2.18. The summed E-state index contributed by atoms with van der Waals surface area (Å²) in [6.07, 6.45) is 1.15. The number of nitrogens with one attached hydrogen (secondary N) is 2. The van der Waals surface area contributed by atoms with Crippen LogP contribution in [0.3, 0.4) is 0 Å². The maximum absolute atomic E-state index is 3.41. The van der Waals surface area contributed by atoms with Crippen LogP contribution in [0.5, 0.6) is 0 Å². The van der Waals surface area contributed by atoms with Gasteiger partial charge in [0.05, 0.1) is 4.60 Å². The molecule has 0 aliphatic carbocycles. The first-order chi connectivity index (χ1) is 4.86. The van der Waals surface area contributed by atoms with E-state index < -0.39 is 0 Å². The zero-order valence-corrected chi connectivity index (χ0v) is 7.16. The third-order valence-electron chi connectivity index (χ3n) is 1.83. The van der Waals surface area contributed by atoms with Crippen molar-refractivity contribution < 1.29 is 0 Å². The van der Waals surface area contributed by atoms with E-state index in [2.05, 4.69) is 32.3 Å². The number of halogens is 1. The van der Waals surface area contributed by atoms with Crippen molar-refractivity contribution in [3.05, 3.63) is 21.9 Å². The number of aromatic amines is 1. The van der Waals surface area contributed by atoms with Gasteiger partial charge in [-0.1, -0.05) is 0 Å². The molecule has 1 aromatic heterocycles. The number of H-pyrrole nitrogens is 1. The summed E-state index contributed by atoms with van der Waals surface area (Å²) >= 11 is 3.41. The van der Waals surface area contributed by atoms with Crippen molar-refractivity contribution in [1.82, 2.24) is 10.3 Å². The molecule has 0 unspecified atom stereocenters. The van der Waals surface area contributed by atoms with E-state index in [1.165, 1.54) is 11.3 Å². The van der Waals surface area contributed by atoms with E-state index in [-0.39, 0.29) is 0 Å². The van der Waals surface area contributed by atoms with E-state index in [0.29, 0.717) is 0 Å². The van der Waals surface area contributed by atoms with Gasteiger partial charge in [-0.15, -0.1) is 0 Å². The Balaban J connectivity index is 2.41. The van der Waals surface area contributed by atoms with Crippen LogP contribution < -0.4 is 5.32 Å². The SMILES string of the molecule is Brc1cc2c([nH]1)CNCC2. The Hall–Kier alpha value is -0.280. The molecule has 0 bridgehead atoms. The van der Waals surface area contributed by atoms with Crippen molar-refractivity contribution in [2.45, 2.75) is 13.0 Å². The quantitative estimate of drug-likeness (QED) is 0.652. The summed E-state index contributed by atoms with van der Waals surface area (Å²) in [5, 5.41) is 3.30. The molecular formula is C7H9BrN2. The highest BCUT2D eigenvalue weighted by atomic mass is 79.9. The van der Waals surface area contributed by atoms with Crippen LogP contribution >= 0.6 is 15.9 Å². The summed E-state index contributed by atoms with van der Waals surface area (Å²) in [4.78, 5) is 3.25. The number of hydrogen-bond acceptors (Lipinski definition) is 1. The Morgan fingerprint density at radius 3 is 3.20 bits per heavy atom. The zero-order chi connectivity index (χ0) is 6.97. The Morgan fingerprint density at radius 2 is 2.40 bits per heavy atom. The van der Waals surface area contributed by atoms with Gasteiger partial charge in [0.25, 0.3) is 0 Å². The van der Waals surface area contributed by atoms with Crippen molar-refractivity contribution >= 4 is 15.9 Å². The van der Waals surface area contributed by atoms with Crippen LogP contribution in [0.4, 0.5) is 0 Å². The molecule has 0 saturated carbocycles. The summed E-state index contributed by atoms with van der Waals surface area (Å²) < 4.78 is 1.10. The molecule has 2 heterocycles. The second kappa shape index (κ2) is 2.40. The third-order valence-corrected chi connectivity index (χ3v) is 2.26. The maximum Gasteiger partial charge on any atom is 0.0825 e. The Bertz CT molecular complexity index is 218. The van der Waals surface area contributed by atoms with Gasteiger partial charge in [0, 0.05) is 12.2 Å². The van der Waals surface area contributed by atoms with Crippen molar-refractivity contribution in [3.63, 3.8) is 0 Å². The summed E-state index contributed by atoms with van der Waals surface area (Å²) in [6.45, 7) is 2.10. The lowest BCUT2D eigenvalue weighted by atomic mass is 10.1. The first-order valence-electron chi connectivity index (χ1n) is 3.43. The van der Waals surface area contributed by atoms with Gasteiger partial charge in [-0.3, -0.25) is 0 Å². The van der Waals surface area contributed by atoms with Gasteiger partial charge in [-0.2, -0.15) is 0 Å². The molecule has 10 heavy (non-hydrogen) atoms. The summed E-state index contributed by atoms with van der Waals surface area (Å²) in [5.41, 5.74) is 2.78. The first-order valence-corrected chi connectivity index (χ1v) is 4.22. The Kier molecular flexibility index (Phi) is 1.54. The number of aromatic nitrogens is 1. The molecule has 0 amide bonds. The van der Waals surface area contributed by atoms with Crippen molar-refractivity contribution in [2.75, 3.05) is 6.54 Å². The monoisotopic (exact) mass is 200 g/mol. The first kappa shape index (κ1) is 6.43. The minimum absolute atomic E-state index is 0.987. The number of fused-ring (bicyclic) bond motifs is 1. The van der Waals surface area contributed by atoms with E-state index in [1.54, 1.807) is 0 Å². The average molecular weight is 201 g/mol. The highest BCUT2D eigenvalue weighted by molar-refractivity contribution is 9.10. The predicted octanol–water partition coefficient (Wildman–Crippen LogP) is 1.42. The topological polar surface area (TPSA) is 27.8 Å². The second-order valence-corrected chi connectivity index (χ2v) is 3.40. The fourth-order valence-corrected chi connectivity index (χ4v) is 1.83. The van der Waals surface area contributed by atoms with Crippen LogP contribution in [0.1, 0.15) is 11.3 Å². The standard InChI is InChI=1S/C7H9BrN2/c8-7-3-5-1-2-9-4-6(5)10-7/h3,9-10H,1-2,4H2. The van der Waals surface area contributed by atoms with E-state index >= 15 is 0 Å². The van der Waals surface area contributed by atoms with Crippen LogP contribution in [-0.4, -0.2) is 11.5 Å². The molecule has 54 valence electrons. The van der Waals surface area contributed by atoms with Gasteiger partial charge >= 0.3 is 0 Å². The van der Waals surface area contributed by atoms with Crippen molar-refractivity contribution in [3.8, 4) is 0 Å². The molecule has 2 rings (SSSR count). The second-order valence-electron chi connectivity index (χ2n) is 2.55. The molecule has 2 N–H and O–H groups in total. The van der Waals surface area contributed by atoms with Gasteiger partial charge in [0.15, 0.2) is 0 Å². The van der Waals surface area contributed by atoms with Gasteiger partial charge in [0.1, 0.15) is 0 Å². The van der Waals surface area contributed by atoms with Crippen LogP contribution in [0.2, 0.25) is 0 Å². The highest BCUT2D eigenvalue weighted by Gasteiger charge is 2.09. The van der Waals surface area contributed by atoms with Crippen LogP contribution in [0.15, 0.2) is 10.7 Å². The van der Waals surface area contributed by atoms with Crippen LogP contribution in [0.25, 0.3) is 0 Å². The Labute approximate surface area is 68.1 Å². The van der Waals surface area contributed by atoms with Crippen molar-refractivity contribution in [1.29, 1.82) is 0 Å². The molecule has 0 spiro atoms. The minimum atomic E-state index is 0.987. The molecule has 2 nitrogen and oxygen atoms in total. The van der Waals surface area contributed by atoms with E-state index in [1.807, 2.05) is 0 Å². The van der Waals surface area contributed by atoms with E-state index in [4.69, 9.17) is 0 Å².